The van der Waals surface area contributed by atoms with E-state index in [0.29, 0.717) is 0 Å². The third-order valence-corrected chi connectivity index (χ3v) is 4.22. The Morgan fingerprint density at radius 3 is 2.89 bits per heavy atom. The zero-order chi connectivity index (χ0) is 13.8. The number of nitrogens with one attached hydrogen (secondary N) is 1. The van der Waals surface area contributed by atoms with Crippen LogP contribution in [-0.4, -0.2) is 16.6 Å². The van der Waals surface area contributed by atoms with Gasteiger partial charge in [-0.15, -0.1) is 0 Å². The molecule has 2 aromatic rings. The summed E-state index contributed by atoms with van der Waals surface area (Å²) in [5, 5.41) is 4.10. The van der Waals surface area contributed by atoms with Crippen LogP contribution in [0.15, 0.2) is 35.1 Å². The second kappa shape index (κ2) is 6.55. The minimum Gasteiger partial charge on any atom is -0.338 e. The molecule has 5 heteroatoms. The monoisotopic (exact) mass is 341 g/mol. The summed E-state index contributed by atoms with van der Waals surface area (Å²) in [5.41, 5.74) is 1.18. The Balaban J connectivity index is 2.12. The Bertz CT molecular complexity index is 553. The molecule has 0 radical (unpaired) electrons. The van der Waals surface area contributed by atoms with Crippen molar-refractivity contribution in [3.63, 3.8) is 0 Å². The number of nitrogens with zero attached hydrogens (tertiary/aromatic N) is 2. The number of imidazole rings is 1. The quantitative estimate of drug-likeness (QED) is 0.897. The predicted molar refractivity (Wildman–Crippen MR) is 82.5 cm³/mol. The largest absolute Gasteiger partial charge is 0.338 e. The highest BCUT2D eigenvalue weighted by atomic mass is 79.9. The molecule has 1 N–H and O–H groups in total. The summed E-state index contributed by atoms with van der Waals surface area (Å²) >= 11 is 9.66. The SMILES string of the molecule is CNC(CCc1nccn1C)c1cc(Cl)ccc1Br. The fourth-order valence-electron chi connectivity index (χ4n) is 2.15. The standard InChI is InChI=1S/C14H17BrClN3/c1-17-13(5-6-14-18-7-8-19(14)2)11-9-10(16)3-4-12(11)15/h3-4,7-9,13,17H,5-6H2,1-2H3. The Morgan fingerprint density at radius 1 is 1.47 bits per heavy atom. The van der Waals surface area contributed by atoms with E-state index in [1.165, 1.54) is 5.56 Å². The van der Waals surface area contributed by atoms with Crippen molar-refractivity contribution >= 4 is 27.5 Å². The molecule has 0 fully saturated rings. The van der Waals surface area contributed by atoms with Crippen LogP contribution in [0, 0.1) is 0 Å². The Hall–Kier alpha value is -0.840. The molecular weight excluding hydrogens is 326 g/mol. The first kappa shape index (κ1) is 14.6. The fraction of sp³-hybridized carbons (Fsp3) is 0.357. The van der Waals surface area contributed by atoms with E-state index in [0.717, 1.165) is 28.2 Å². The zero-order valence-corrected chi connectivity index (χ0v) is 13.4. The van der Waals surface area contributed by atoms with E-state index in [-0.39, 0.29) is 6.04 Å². The topological polar surface area (TPSA) is 29.9 Å². The summed E-state index contributed by atoms with van der Waals surface area (Å²) in [6, 6.07) is 6.14. The van der Waals surface area contributed by atoms with Gasteiger partial charge in [0.05, 0.1) is 0 Å². The van der Waals surface area contributed by atoms with Crippen LogP contribution < -0.4 is 5.32 Å². The summed E-state index contributed by atoms with van der Waals surface area (Å²) in [4.78, 5) is 4.35. The summed E-state index contributed by atoms with van der Waals surface area (Å²) in [5.74, 6) is 1.10. The molecule has 0 aliphatic carbocycles. The van der Waals surface area contributed by atoms with Gasteiger partial charge in [-0.3, -0.25) is 0 Å². The number of aromatic nitrogens is 2. The molecule has 102 valence electrons. The highest BCUT2D eigenvalue weighted by molar-refractivity contribution is 9.10. The number of hydrogen-bond acceptors (Lipinski definition) is 2. The molecule has 3 nitrogen and oxygen atoms in total. The molecular formula is C14H17BrClN3. The van der Waals surface area contributed by atoms with Crippen molar-refractivity contribution < 1.29 is 0 Å². The van der Waals surface area contributed by atoms with Crippen LogP contribution in [-0.2, 0) is 13.5 Å². The van der Waals surface area contributed by atoms with Crippen molar-refractivity contribution in [2.24, 2.45) is 7.05 Å². The summed E-state index contributed by atoms with van der Waals surface area (Å²) < 4.78 is 3.14. The Kier molecular flexibility index (Phi) is 5.02. The van der Waals surface area contributed by atoms with E-state index in [2.05, 4.69) is 30.8 Å². The molecule has 1 aromatic heterocycles. The molecule has 1 heterocycles. The normalized spacial score (nSPS) is 12.6. The molecule has 2 rings (SSSR count). The molecule has 0 aliphatic heterocycles. The van der Waals surface area contributed by atoms with E-state index in [9.17, 15) is 0 Å². The molecule has 1 atom stereocenters. The third-order valence-electron chi connectivity index (χ3n) is 3.26. The first-order valence-corrected chi connectivity index (χ1v) is 7.37. The Labute approximate surface area is 127 Å². The fourth-order valence-corrected chi connectivity index (χ4v) is 2.85. The minimum atomic E-state index is 0.254. The van der Waals surface area contributed by atoms with Gasteiger partial charge in [-0.1, -0.05) is 27.5 Å². The lowest BCUT2D eigenvalue weighted by Gasteiger charge is -2.18. The minimum absolute atomic E-state index is 0.254. The smallest absolute Gasteiger partial charge is 0.108 e. The van der Waals surface area contributed by atoms with Crippen LogP contribution in [0.4, 0.5) is 0 Å². The van der Waals surface area contributed by atoms with Gasteiger partial charge in [-0.2, -0.15) is 0 Å². The van der Waals surface area contributed by atoms with Crippen molar-refractivity contribution in [1.82, 2.24) is 14.9 Å². The highest BCUT2D eigenvalue weighted by Gasteiger charge is 2.14. The lowest BCUT2D eigenvalue weighted by atomic mass is 10.0. The van der Waals surface area contributed by atoms with Gasteiger partial charge >= 0.3 is 0 Å². The number of halogens is 2. The van der Waals surface area contributed by atoms with Gasteiger partial charge in [0, 0.05) is 41.4 Å². The summed E-state index contributed by atoms with van der Waals surface area (Å²) in [6.45, 7) is 0. The van der Waals surface area contributed by atoms with Gasteiger partial charge < -0.3 is 9.88 Å². The molecule has 0 saturated heterocycles. The maximum atomic E-state index is 6.08. The average Bonchev–Trinajstić information content (AvgIpc) is 2.80. The van der Waals surface area contributed by atoms with Gasteiger partial charge in [0.25, 0.3) is 0 Å². The van der Waals surface area contributed by atoms with Crippen LogP contribution in [0.2, 0.25) is 5.02 Å². The van der Waals surface area contributed by atoms with Crippen molar-refractivity contribution in [1.29, 1.82) is 0 Å². The third kappa shape index (κ3) is 3.59. The van der Waals surface area contributed by atoms with E-state index < -0.39 is 0 Å². The number of aryl methyl sites for hydroxylation is 2. The van der Waals surface area contributed by atoms with Crippen molar-refractivity contribution in [2.45, 2.75) is 18.9 Å². The second-order valence-corrected chi connectivity index (χ2v) is 5.79. The van der Waals surface area contributed by atoms with Gasteiger partial charge in [0.1, 0.15) is 5.82 Å². The van der Waals surface area contributed by atoms with Crippen LogP contribution in [0.25, 0.3) is 0 Å². The molecule has 19 heavy (non-hydrogen) atoms. The van der Waals surface area contributed by atoms with Gasteiger partial charge in [-0.25, -0.2) is 4.98 Å². The zero-order valence-electron chi connectivity index (χ0n) is 11.0. The summed E-state index contributed by atoms with van der Waals surface area (Å²) in [6.07, 6.45) is 5.70. The molecule has 0 amide bonds. The number of benzene rings is 1. The lowest BCUT2D eigenvalue weighted by molar-refractivity contribution is 0.534. The van der Waals surface area contributed by atoms with Crippen LogP contribution in [0.3, 0.4) is 0 Å². The second-order valence-electron chi connectivity index (χ2n) is 4.50. The molecule has 0 saturated carbocycles. The van der Waals surface area contributed by atoms with Crippen LogP contribution >= 0.6 is 27.5 Å². The van der Waals surface area contributed by atoms with Gasteiger partial charge in [-0.05, 0) is 37.2 Å². The maximum absolute atomic E-state index is 6.08. The van der Waals surface area contributed by atoms with E-state index in [1.54, 1.807) is 0 Å². The van der Waals surface area contributed by atoms with Crippen molar-refractivity contribution in [2.75, 3.05) is 7.05 Å². The van der Waals surface area contributed by atoms with Crippen LogP contribution in [0.5, 0.6) is 0 Å². The van der Waals surface area contributed by atoms with Crippen molar-refractivity contribution in [3.8, 4) is 0 Å². The lowest BCUT2D eigenvalue weighted by Crippen LogP contribution is -2.18. The molecule has 1 aromatic carbocycles. The maximum Gasteiger partial charge on any atom is 0.108 e. The van der Waals surface area contributed by atoms with E-state index >= 15 is 0 Å². The number of hydrogen-bond donors (Lipinski definition) is 1. The van der Waals surface area contributed by atoms with Gasteiger partial charge in [0.15, 0.2) is 0 Å². The predicted octanol–water partition coefficient (Wildman–Crippen LogP) is 3.73. The highest BCUT2D eigenvalue weighted by Crippen LogP contribution is 2.29. The molecule has 0 aliphatic rings. The first-order valence-electron chi connectivity index (χ1n) is 6.20. The van der Waals surface area contributed by atoms with E-state index in [1.807, 2.05) is 44.7 Å². The van der Waals surface area contributed by atoms with Gasteiger partial charge in [0.2, 0.25) is 0 Å². The molecule has 0 spiro atoms. The van der Waals surface area contributed by atoms with Crippen LogP contribution in [0.1, 0.15) is 23.9 Å². The first-order chi connectivity index (χ1) is 9.11. The average molecular weight is 343 g/mol. The van der Waals surface area contributed by atoms with E-state index in [4.69, 9.17) is 11.6 Å². The Morgan fingerprint density at radius 2 is 2.26 bits per heavy atom. The molecule has 1 unspecified atom stereocenters. The molecule has 0 bridgehead atoms. The summed E-state index contributed by atoms with van der Waals surface area (Å²) in [7, 11) is 3.99. The van der Waals surface area contributed by atoms with Crippen molar-refractivity contribution in [3.05, 3.63) is 51.5 Å². The number of rotatable bonds is 5.